The molecule has 0 radical (unpaired) electrons. The molecule has 0 aromatic rings. The van der Waals surface area contributed by atoms with Crippen LogP contribution < -0.4 is 0 Å². The Labute approximate surface area is 146 Å². The first-order chi connectivity index (χ1) is 10.7. The van der Waals surface area contributed by atoms with Crippen molar-refractivity contribution in [3.63, 3.8) is 0 Å². The number of carbonyl (C=O) groups excluding carboxylic acids is 1. The van der Waals surface area contributed by atoms with Gasteiger partial charge in [0.15, 0.2) is 0 Å². The molecule has 0 saturated heterocycles. The second-order valence-corrected chi connectivity index (χ2v) is 7.10. The van der Waals surface area contributed by atoms with Crippen molar-refractivity contribution in [3.05, 3.63) is 0 Å². The molecule has 0 N–H and O–H groups in total. The van der Waals surface area contributed by atoms with Crippen molar-refractivity contribution in [1.29, 1.82) is 0 Å². The van der Waals surface area contributed by atoms with Crippen molar-refractivity contribution in [2.24, 2.45) is 0 Å². The lowest BCUT2D eigenvalue weighted by Crippen LogP contribution is -2.18. The molecule has 0 aliphatic heterocycles. The van der Waals surface area contributed by atoms with Gasteiger partial charge in [-0.25, -0.2) is 0 Å². The number of rotatable bonds is 16. The van der Waals surface area contributed by atoms with Gasteiger partial charge < -0.3 is 4.74 Å². The second-order valence-electron chi connectivity index (χ2n) is 6.31. The van der Waals surface area contributed by atoms with Gasteiger partial charge in [-0.3, -0.25) is 4.79 Å². The van der Waals surface area contributed by atoms with Gasteiger partial charge in [-0.05, 0) is 38.5 Å². The molecule has 0 amide bonds. The van der Waals surface area contributed by atoms with E-state index in [1.807, 2.05) is 0 Å². The van der Waals surface area contributed by atoms with Crippen LogP contribution in [0.2, 0.25) is 0 Å². The molecule has 0 unspecified atom stereocenters. The first-order valence-corrected chi connectivity index (χ1v) is 10.6. The molecular formula is C19H37BrO2. The molecular weight excluding hydrogens is 340 g/mol. The van der Waals surface area contributed by atoms with E-state index in [0.29, 0.717) is 6.42 Å². The number of alkyl halides is 1. The maximum Gasteiger partial charge on any atom is 0.306 e. The van der Waals surface area contributed by atoms with Crippen LogP contribution in [0.15, 0.2) is 0 Å². The third-order valence-corrected chi connectivity index (χ3v) is 4.63. The molecule has 0 heterocycles. The van der Waals surface area contributed by atoms with Gasteiger partial charge >= 0.3 is 5.97 Å². The molecule has 3 heteroatoms. The maximum atomic E-state index is 12.0. The third kappa shape index (κ3) is 14.9. The van der Waals surface area contributed by atoms with E-state index >= 15 is 0 Å². The monoisotopic (exact) mass is 376 g/mol. The van der Waals surface area contributed by atoms with Gasteiger partial charge in [-0.1, -0.05) is 74.7 Å². The fourth-order valence-corrected chi connectivity index (χ4v) is 3.04. The molecule has 132 valence electrons. The Morgan fingerprint density at radius 3 is 1.91 bits per heavy atom. The van der Waals surface area contributed by atoms with E-state index in [2.05, 4.69) is 29.8 Å². The van der Waals surface area contributed by atoms with Crippen molar-refractivity contribution in [1.82, 2.24) is 0 Å². The van der Waals surface area contributed by atoms with Crippen molar-refractivity contribution in [2.45, 2.75) is 110 Å². The number of hydrogen-bond donors (Lipinski definition) is 0. The van der Waals surface area contributed by atoms with Crippen LogP contribution >= 0.6 is 15.9 Å². The number of ether oxygens (including phenoxy) is 1. The number of unbranched alkanes of at least 4 members (excludes halogenated alkanes) is 8. The van der Waals surface area contributed by atoms with Crippen molar-refractivity contribution >= 4 is 21.9 Å². The van der Waals surface area contributed by atoms with E-state index in [9.17, 15) is 4.79 Å². The Hall–Kier alpha value is -0.0500. The van der Waals surface area contributed by atoms with Gasteiger partial charge in [0.25, 0.3) is 0 Å². The lowest BCUT2D eigenvalue weighted by molar-refractivity contribution is -0.150. The topological polar surface area (TPSA) is 26.3 Å². The van der Waals surface area contributed by atoms with Crippen molar-refractivity contribution in [3.8, 4) is 0 Å². The summed E-state index contributed by atoms with van der Waals surface area (Å²) in [5, 5.41) is 1.09. The zero-order chi connectivity index (χ0) is 16.5. The van der Waals surface area contributed by atoms with Crippen LogP contribution in [-0.4, -0.2) is 17.4 Å². The zero-order valence-corrected chi connectivity index (χ0v) is 16.5. The highest BCUT2D eigenvalue weighted by atomic mass is 79.9. The Kier molecular flexibility index (Phi) is 17.3. The Bertz CT molecular complexity index is 234. The summed E-state index contributed by atoms with van der Waals surface area (Å²) in [6, 6.07) is 0. The summed E-state index contributed by atoms with van der Waals surface area (Å²) < 4.78 is 5.72. The van der Waals surface area contributed by atoms with Crippen LogP contribution in [0.3, 0.4) is 0 Å². The molecule has 0 aliphatic rings. The molecule has 0 saturated carbocycles. The smallest absolute Gasteiger partial charge is 0.306 e. The Morgan fingerprint density at radius 2 is 1.36 bits per heavy atom. The minimum absolute atomic E-state index is 0.0264. The van der Waals surface area contributed by atoms with Gasteiger partial charge in [0.05, 0.1) is 0 Å². The van der Waals surface area contributed by atoms with E-state index in [-0.39, 0.29) is 12.1 Å². The van der Waals surface area contributed by atoms with Gasteiger partial charge in [0.1, 0.15) is 6.10 Å². The Morgan fingerprint density at radius 1 is 0.818 bits per heavy atom. The minimum atomic E-state index is 0.0264. The van der Waals surface area contributed by atoms with E-state index in [0.717, 1.165) is 31.0 Å². The fourth-order valence-electron chi connectivity index (χ4n) is 2.65. The average Bonchev–Trinajstić information content (AvgIpc) is 2.51. The fraction of sp³-hybridized carbons (Fsp3) is 0.947. The van der Waals surface area contributed by atoms with Crippen LogP contribution in [0.4, 0.5) is 0 Å². The largest absolute Gasteiger partial charge is 0.462 e. The normalized spacial score (nSPS) is 11.1. The SMILES string of the molecule is CCCCCC(CCCCC)OC(=O)CCCCCCCBr. The first-order valence-electron chi connectivity index (χ1n) is 9.50. The molecule has 0 aromatic heterocycles. The summed E-state index contributed by atoms with van der Waals surface area (Å²) in [5.74, 6) is 0.0264. The summed E-state index contributed by atoms with van der Waals surface area (Å²) in [4.78, 5) is 12.0. The molecule has 0 fully saturated rings. The predicted molar refractivity (Wildman–Crippen MR) is 99.7 cm³/mol. The van der Waals surface area contributed by atoms with Gasteiger partial charge in [-0.2, -0.15) is 0 Å². The maximum absolute atomic E-state index is 12.0. The van der Waals surface area contributed by atoms with E-state index in [1.54, 1.807) is 0 Å². The third-order valence-electron chi connectivity index (χ3n) is 4.07. The number of esters is 1. The molecule has 22 heavy (non-hydrogen) atoms. The number of hydrogen-bond acceptors (Lipinski definition) is 2. The van der Waals surface area contributed by atoms with Crippen molar-refractivity contribution in [2.75, 3.05) is 5.33 Å². The van der Waals surface area contributed by atoms with Crippen LogP contribution in [-0.2, 0) is 9.53 Å². The van der Waals surface area contributed by atoms with E-state index < -0.39 is 0 Å². The standard InChI is InChI=1S/C19H37BrO2/c1-3-5-10-14-18(15-11-6-4-2)22-19(21)16-12-8-7-9-13-17-20/h18H,3-17H2,1-2H3. The minimum Gasteiger partial charge on any atom is -0.462 e. The number of halogens is 1. The van der Waals surface area contributed by atoms with Crippen LogP contribution in [0.5, 0.6) is 0 Å². The predicted octanol–water partition coefficient (Wildman–Crippen LogP) is 6.79. The summed E-state index contributed by atoms with van der Waals surface area (Å²) in [6.45, 7) is 4.43. The molecule has 0 atom stereocenters. The zero-order valence-electron chi connectivity index (χ0n) is 14.9. The summed E-state index contributed by atoms with van der Waals surface area (Å²) in [7, 11) is 0. The molecule has 0 rings (SSSR count). The van der Waals surface area contributed by atoms with Crippen molar-refractivity contribution < 1.29 is 9.53 Å². The quantitative estimate of drug-likeness (QED) is 0.168. The lowest BCUT2D eigenvalue weighted by Gasteiger charge is -2.18. The summed E-state index contributed by atoms with van der Waals surface area (Å²) in [5.41, 5.74) is 0. The van der Waals surface area contributed by atoms with Crippen LogP contribution in [0.1, 0.15) is 104 Å². The molecule has 0 aliphatic carbocycles. The lowest BCUT2D eigenvalue weighted by atomic mass is 10.0. The van der Waals surface area contributed by atoms with Gasteiger partial charge in [0, 0.05) is 11.8 Å². The second kappa shape index (κ2) is 17.3. The van der Waals surface area contributed by atoms with Crippen LogP contribution in [0, 0.1) is 0 Å². The molecule has 0 spiro atoms. The average molecular weight is 377 g/mol. The van der Waals surface area contributed by atoms with E-state index in [4.69, 9.17) is 4.74 Å². The highest BCUT2D eigenvalue weighted by Gasteiger charge is 2.13. The van der Waals surface area contributed by atoms with Gasteiger partial charge in [-0.15, -0.1) is 0 Å². The summed E-state index contributed by atoms with van der Waals surface area (Å²) >= 11 is 3.45. The highest BCUT2D eigenvalue weighted by Crippen LogP contribution is 2.16. The Balaban J connectivity index is 3.81. The van der Waals surface area contributed by atoms with Crippen LogP contribution in [0.25, 0.3) is 0 Å². The molecule has 0 bridgehead atoms. The van der Waals surface area contributed by atoms with Gasteiger partial charge in [0.2, 0.25) is 0 Å². The number of carbonyl (C=O) groups is 1. The first kappa shape index (κ1) is 21.9. The molecule has 2 nitrogen and oxygen atoms in total. The summed E-state index contributed by atoms with van der Waals surface area (Å²) in [6.07, 6.45) is 16.1. The highest BCUT2D eigenvalue weighted by molar-refractivity contribution is 9.09. The van der Waals surface area contributed by atoms with E-state index in [1.165, 1.54) is 57.8 Å². The molecule has 0 aromatic carbocycles.